The zero-order chi connectivity index (χ0) is 18.2. The lowest BCUT2D eigenvalue weighted by Crippen LogP contribution is -2.36. The molecule has 0 unspecified atom stereocenters. The highest BCUT2D eigenvalue weighted by Gasteiger charge is 2.18. The molecule has 5 heteroatoms. The highest BCUT2D eigenvalue weighted by atomic mass is 16.5. The van der Waals surface area contributed by atoms with Crippen LogP contribution >= 0.6 is 0 Å². The number of nitrogens with one attached hydrogen (secondary N) is 2. The van der Waals surface area contributed by atoms with Gasteiger partial charge in [-0.3, -0.25) is 14.9 Å². The molecule has 0 aliphatic carbocycles. The molecule has 1 aliphatic rings. The summed E-state index contributed by atoms with van der Waals surface area (Å²) in [6.07, 6.45) is 2.46. The minimum Gasteiger partial charge on any atom is -0.312 e. The summed E-state index contributed by atoms with van der Waals surface area (Å²) in [6.45, 7) is 5.19. The van der Waals surface area contributed by atoms with Gasteiger partial charge in [0.1, 0.15) is 0 Å². The molecule has 0 radical (unpaired) electrons. The van der Waals surface area contributed by atoms with Crippen molar-refractivity contribution < 1.29 is 10.0 Å². The molecule has 2 aromatic rings. The Hall–Kier alpha value is -2.21. The van der Waals surface area contributed by atoms with Crippen LogP contribution in [0.15, 0.2) is 54.6 Å². The van der Waals surface area contributed by atoms with Crippen molar-refractivity contribution in [2.24, 2.45) is 5.92 Å². The van der Waals surface area contributed by atoms with Gasteiger partial charge in [0.25, 0.3) is 5.91 Å². The number of amides is 1. The quantitative estimate of drug-likeness (QED) is 0.529. The van der Waals surface area contributed by atoms with Crippen LogP contribution in [0.25, 0.3) is 0 Å². The Balaban J connectivity index is 1.35. The summed E-state index contributed by atoms with van der Waals surface area (Å²) in [4.78, 5) is 13.8. The first-order chi connectivity index (χ1) is 12.7. The summed E-state index contributed by atoms with van der Waals surface area (Å²) in [5.74, 6) is 0.244. The maximum atomic E-state index is 11.3. The van der Waals surface area contributed by atoms with Crippen molar-refractivity contribution >= 4 is 5.91 Å². The van der Waals surface area contributed by atoms with Crippen molar-refractivity contribution in [3.8, 4) is 0 Å². The topological polar surface area (TPSA) is 64.6 Å². The van der Waals surface area contributed by atoms with Crippen LogP contribution in [0.4, 0.5) is 0 Å². The van der Waals surface area contributed by atoms with Crippen molar-refractivity contribution in [3.05, 3.63) is 71.3 Å². The number of likely N-dealkylation sites (tertiary alicyclic amines) is 1. The highest BCUT2D eigenvalue weighted by molar-refractivity contribution is 5.93. The molecule has 1 heterocycles. The van der Waals surface area contributed by atoms with Gasteiger partial charge in [0.15, 0.2) is 0 Å². The molecule has 138 valence electrons. The second-order valence-electron chi connectivity index (χ2n) is 6.97. The van der Waals surface area contributed by atoms with E-state index in [2.05, 4.69) is 40.5 Å². The van der Waals surface area contributed by atoms with Gasteiger partial charge in [0.2, 0.25) is 0 Å². The average molecular weight is 353 g/mol. The molecule has 26 heavy (non-hydrogen) atoms. The van der Waals surface area contributed by atoms with E-state index in [0.717, 1.165) is 44.2 Å². The van der Waals surface area contributed by atoms with E-state index in [1.165, 1.54) is 18.4 Å². The summed E-state index contributed by atoms with van der Waals surface area (Å²) < 4.78 is 0. The molecular weight excluding hydrogens is 326 g/mol. The van der Waals surface area contributed by atoms with Gasteiger partial charge < -0.3 is 5.32 Å². The summed E-state index contributed by atoms with van der Waals surface area (Å²) in [6, 6.07) is 18.0. The number of nitrogens with zero attached hydrogens (tertiary/aromatic N) is 1. The van der Waals surface area contributed by atoms with E-state index in [4.69, 9.17) is 5.21 Å². The second kappa shape index (κ2) is 9.48. The fourth-order valence-electron chi connectivity index (χ4n) is 3.45. The van der Waals surface area contributed by atoms with Crippen molar-refractivity contribution in [3.63, 3.8) is 0 Å². The molecule has 1 aliphatic heterocycles. The molecule has 0 atom stereocenters. The molecule has 0 aromatic heterocycles. The number of rotatable bonds is 7. The van der Waals surface area contributed by atoms with Crippen LogP contribution in [0.3, 0.4) is 0 Å². The number of hydroxylamine groups is 1. The first-order valence-electron chi connectivity index (χ1n) is 9.25. The number of hydrogen-bond donors (Lipinski definition) is 3. The number of carbonyl (C=O) groups excluding carboxylic acids is 1. The molecule has 3 rings (SSSR count). The third-order valence-corrected chi connectivity index (χ3v) is 5.04. The second-order valence-corrected chi connectivity index (χ2v) is 6.97. The molecule has 1 amide bonds. The van der Waals surface area contributed by atoms with Crippen LogP contribution in [0.5, 0.6) is 0 Å². The van der Waals surface area contributed by atoms with Crippen LogP contribution in [0, 0.1) is 5.92 Å². The van der Waals surface area contributed by atoms with E-state index in [0.29, 0.717) is 5.56 Å². The normalized spacial score (nSPS) is 15.7. The van der Waals surface area contributed by atoms with Gasteiger partial charge in [0.05, 0.1) is 0 Å². The van der Waals surface area contributed by atoms with Gasteiger partial charge in [-0.25, -0.2) is 5.48 Å². The van der Waals surface area contributed by atoms with E-state index >= 15 is 0 Å². The molecule has 1 saturated heterocycles. The van der Waals surface area contributed by atoms with Crippen LogP contribution in [0.2, 0.25) is 0 Å². The average Bonchev–Trinajstić information content (AvgIpc) is 2.70. The summed E-state index contributed by atoms with van der Waals surface area (Å²) >= 11 is 0. The maximum absolute atomic E-state index is 11.3. The Kier molecular flexibility index (Phi) is 6.77. The van der Waals surface area contributed by atoms with Gasteiger partial charge in [-0.2, -0.15) is 0 Å². The molecule has 2 aromatic carbocycles. The maximum Gasteiger partial charge on any atom is 0.274 e. The molecular formula is C21H27N3O2. The Morgan fingerprint density at radius 3 is 2.35 bits per heavy atom. The van der Waals surface area contributed by atoms with Gasteiger partial charge in [-0.15, -0.1) is 0 Å². The largest absolute Gasteiger partial charge is 0.312 e. The minimum absolute atomic E-state index is 0.460. The smallest absolute Gasteiger partial charge is 0.274 e. The van der Waals surface area contributed by atoms with E-state index in [9.17, 15) is 4.79 Å². The fourth-order valence-corrected chi connectivity index (χ4v) is 3.45. The Morgan fingerprint density at radius 1 is 1.00 bits per heavy atom. The predicted octanol–water partition coefficient (Wildman–Crippen LogP) is 2.81. The summed E-state index contributed by atoms with van der Waals surface area (Å²) in [5, 5.41) is 12.2. The Labute approximate surface area is 155 Å². The lowest BCUT2D eigenvalue weighted by atomic mass is 9.96. The van der Waals surface area contributed by atoms with Crippen LogP contribution < -0.4 is 10.8 Å². The third kappa shape index (κ3) is 5.39. The Bertz CT molecular complexity index is 680. The van der Waals surface area contributed by atoms with Gasteiger partial charge in [0, 0.05) is 18.7 Å². The predicted molar refractivity (Wildman–Crippen MR) is 102 cm³/mol. The number of piperidine rings is 1. The first kappa shape index (κ1) is 18.6. The lowest BCUT2D eigenvalue weighted by molar-refractivity contribution is 0.0706. The van der Waals surface area contributed by atoms with Gasteiger partial charge in [-0.05, 0) is 61.7 Å². The third-order valence-electron chi connectivity index (χ3n) is 5.04. The van der Waals surface area contributed by atoms with Crippen LogP contribution in [0.1, 0.15) is 34.3 Å². The van der Waals surface area contributed by atoms with Crippen LogP contribution in [-0.4, -0.2) is 35.6 Å². The number of carbonyl (C=O) groups is 1. The van der Waals surface area contributed by atoms with E-state index in [1.54, 1.807) is 17.6 Å². The van der Waals surface area contributed by atoms with E-state index in [1.807, 2.05) is 12.1 Å². The molecule has 0 saturated carbocycles. The molecule has 5 nitrogen and oxygen atoms in total. The van der Waals surface area contributed by atoms with Crippen LogP contribution in [-0.2, 0) is 13.1 Å². The summed E-state index contributed by atoms with van der Waals surface area (Å²) in [7, 11) is 0. The van der Waals surface area contributed by atoms with E-state index < -0.39 is 5.91 Å². The zero-order valence-electron chi connectivity index (χ0n) is 15.0. The molecule has 1 fully saturated rings. The van der Waals surface area contributed by atoms with Gasteiger partial charge >= 0.3 is 0 Å². The SMILES string of the molecule is O=C(NO)c1ccc(CNCC2CCN(Cc3ccccc3)CC2)cc1. The molecule has 0 bridgehead atoms. The standard InChI is InChI=1S/C21H27N3O2/c25-21(23-26)20-8-6-17(7-9-20)14-22-15-18-10-12-24(13-11-18)16-19-4-2-1-3-5-19/h1-9,18,22,26H,10-16H2,(H,23,25). The number of hydrogen-bond acceptors (Lipinski definition) is 4. The van der Waals surface area contributed by atoms with Crippen molar-refractivity contribution in [1.29, 1.82) is 0 Å². The highest BCUT2D eigenvalue weighted by Crippen LogP contribution is 2.18. The fraction of sp³-hybridized carbons (Fsp3) is 0.381. The van der Waals surface area contributed by atoms with Crippen molar-refractivity contribution in [1.82, 2.24) is 15.7 Å². The minimum atomic E-state index is -0.480. The molecule has 0 spiro atoms. The number of benzene rings is 2. The van der Waals surface area contributed by atoms with Gasteiger partial charge in [-0.1, -0.05) is 42.5 Å². The monoisotopic (exact) mass is 353 g/mol. The first-order valence-corrected chi connectivity index (χ1v) is 9.25. The zero-order valence-corrected chi connectivity index (χ0v) is 15.0. The summed E-state index contributed by atoms with van der Waals surface area (Å²) in [5.41, 5.74) is 4.64. The van der Waals surface area contributed by atoms with Crippen molar-refractivity contribution in [2.75, 3.05) is 19.6 Å². The lowest BCUT2D eigenvalue weighted by Gasteiger charge is -2.32. The van der Waals surface area contributed by atoms with Crippen molar-refractivity contribution in [2.45, 2.75) is 25.9 Å². The Morgan fingerprint density at radius 2 is 1.69 bits per heavy atom. The molecule has 3 N–H and O–H groups in total. The van der Waals surface area contributed by atoms with E-state index in [-0.39, 0.29) is 0 Å².